The first-order valence-electron chi connectivity index (χ1n) is 5.82. The van der Waals surface area contributed by atoms with E-state index in [4.69, 9.17) is 4.42 Å². The van der Waals surface area contributed by atoms with Gasteiger partial charge >= 0.3 is 6.18 Å². The van der Waals surface area contributed by atoms with Crippen LogP contribution in [0.15, 0.2) is 40.8 Å². The molecule has 0 radical (unpaired) electrons. The Morgan fingerprint density at radius 2 is 1.68 bits per heavy atom. The summed E-state index contributed by atoms with van der Waals surface area (Å²) in [6.45, 7) is 1.82. The van der Waals surface area contributed by atoms with E-state index < -0.39 is 11.7 Å². The van der Waals surface area contributed by atoms with E-state index in [9.17, 15) is 13.2 Å². The molecule has 1 atom stereocenters. The molecule has 102 valence electrons. The summed E-state index contributed by atoms with van der Waals surface area (Å²) in [5.41, 5.74) is 0.0755. The highest BCUT2D eigenvalue weighted by Crippen LogP contribution is 2.31. The van der Waals surface area contributed by atoms with E-state index in [1.54, 1.807) is 7.05 Å². The quantitative estimate of drug-likeness (QED) is 0.913. The molecular formula is C14H14F3NO. The molecule has 1 aromatic heterocycles. The Kier molecular flexibility index (Phi) is 3.66. The Balaban J connectivity index is 2.30. The van der Waals surface area contributed by atoms with Crippen molar-refractivity contribution in [2.75, 3.05) is 7.05 Å². The van der Waals surface area contributed by atoms with Crippen LogP contribution < -0.4 is 5.32 Å². The summed E-state index contributed by atoms with van der Waals surface area (Å²) in [7, 11) is 1.74. The Morgan fingerprint density at radius 1 is 1.05 bits per heavy atom. The maximum Gasteiger partial charge on any atom is 0.416 e. The van der Waals surface area contributed by atoms with Crippen LogP contribution in [0.5, 0.6) is 0 Å². The van der Waals surface area contributed by atoms with E-state index in [1.165, 1.54) is 12.1 Å². The number of aryl methyl sites for hydroxylation is 1. The second kappa shape index (κ2) is 5.09. The first-order chi connectivity index (χ1) is 8.91. The summed E-state index contributed by atoms with van der Waals surface area (Å²) in [6, 6.07) is 8.46. The minimum absolute atomic E-state index is 0.254. The van der Waals surface area contributed by atoms with Crippen molar-refractivity contribution in [2.24, 2.45) is 0 Å². The van der Waals surface area contributed by atoms with Gasteiger partial charge in [0.05, 0.1) is 11.6 Å². The molecule has 0 spiro atoms. The molecule has 0 fully saturated rings. The third-order valence-electron chi connectivity index (χ3n) is 2.91. The van der Waals surface area contributed by atoms with Gasteiger partial charge in [-0.2, -0.15) is 13.2 Å². The van der Waals surface area contributed by atoms with E-state index in [1.807, 2.05) is 19.1 Å². The summed E-state index contributed by atoms with van der Waals surface area (Å²) in [5.74, 6) is 1.45. The number of nitrogens with one attached hydrogen (secondary N) is 1. The molecule has 0 aliphatic carbocycles. The molecule has 1 aromatic carbocycles. The summed E-state index contributed by atoms with van der Waals surface area (Å²) < 4.78 is 43.0. The van der Waals surface area contributed by atoms with Gasteiger partial charge in [0.25, 0.3) is 0 Å². The lowest BCUT2D eigenvalue weighted by Crippen LogP contribution is -2.17. The van der Waals surface area contributed by atoms with Crippen molar-refractivity contribution in [2.45, 2.75) is 19.1 Å². The van der Waals surface area contributed by atoms with Crippen LogP contribution in [0.1, 0.15) is 28.7 Å². The lowest BCUT2D eigenvalue weighted by molar-refractivity contribution is -0.137. The van der Waals surface area contributed by atoms with Gasteiger partial charge in [-0.25, -0.2) is 0 Å². The second-order valence-electron chi connectivity index (χ2n) is 4.29. The van der Waals surface area contributed by atoms with Crippen LogP contribution in [0.25, 0.3) is 0 Å². The topological polar surface area (TPSA) is 25.2 Å². The number of hydrogen-bond acceptors (Lipinski definition) is 2. The number of furan rings is 1. The molecule has 1 N–H and O–H groups in total. The van der Waals surface area contributed by atoms with E-state index >= 15 is 0 Å². The lowest BCUT2D eigenvalue weighted by atomic mass is 10.0. The Hall–Kier alpha value is -1.75. The second-order valence-corrected chi connectivity index (χ2v) is 4.29. The highest BCUT2D eigenvalue weighted by molar-refractivity contribution is 5.31. The van der Waals surface area contributed by atoms with Crippen molar-refractivity contribution in [3.8, 4) is 0 Å². The van der Waals surface area contributed by atoms with E-state index in [0.717, 1.165) is 23.5 Å². The first kappa shape index (κ1) is 13.7. The standard InChI is InChI=1S/C14H14F3NO/c1-9-3-8-12(19-9)13(18-2)10-4-6-11(7-5-10)14(15,16)17/h3-8,13,18H,1-2H3. The van der Waals surface area contributed by atoms with Crippen molar-refractivity contribution in [3.63, 3.8) is 0 Å². The predicted molar refractivity (Wildman–Crippen MR) is 65.8 cm³/mol. The van der Waals surface area contributed by atoms with E-state index in [-0.39, 0.29) is 6.04 Å². The van der Waals surface area contributed by atoms with Gasteiger partial charge in [-0.15, -0.1) is 0 Å². The summed E-state index contributed by atoms with van der Waals surface area (Å²) in [5, 5.41) is 3.03. The van der Waals surface area contributed by atoms with Gasteiger partial charge in [0.15, 0.2) is 0 Å². The lowest BCUT2D eigenvalue weighted by Gasteiger charge is -2.15. The zero-order valence-corrected chi connectivity index (χ0v) is 10.6. The Labute approximate surface area is 109 Å². The fourth-order valence-corrected chi connectivity index (χ4v) is 1.95. The average molecular weight is 269 g/mol. The minimum Gasteiger partial charge on any atom is -0.464 e. The maximum atomic E-state index is 12.5. The Morgan fingerprint density at radius 3 is 2.11 bits per heavy atom. The summed E-state index contributed by atoms with van der Waals surface area (Å²) in [6.07, 6.45) is -4.31. The van der Waals surface area contributed by atoms with Crippen LogP contribution >= 0.6 is 0 Å². The van der Waals surface area contributed by atoms with E-state index in [0.29, 0.717) is 5.76 Å². The fraction of sp³-hybridized carbons (Fsp3) is 0.286. The molecule has 1 unspecified atom stereocenters. The molecular weight excluding hydrogens is 255 g/mol. The zero-order valence-electron chi connectivity index (χ0n) is 10.6. The largest absolute Gasteiger partial charge is 0.464 e. The fourth-order valence-electron chi connectivity index (χ4n) is 1.95. The first-order valence-corrected chi connectivity index (χ1v) is 5.82. The normalized spacial score (nSPS) is 13.5. The third-order valence-corrected chi connectivity index (χ3v) is 2.91. The number of rotatable bonds is 3. The van der Waals surface area contributed by atoms with Crippen molar-refractivity contribution in [3.05, 3.63) is 59.0 Å². The molecule has 0 bridgehead atoms. The van der Waals surface area contributed by atoms with Gasteiger partial charge in [0.2, 0.25) is 0 Å². The molecule has 0 saturated carbocycles. The number of benzene rings is 1. The van der Waals surface area contributed by atoms with Gasteiger partial charge in [-0.3, -0.25) is 0 Å². The molecule has 19 heavy (non-hydrogen) atoms. The third kappa shape index (κ3) is 2.98. The van der Waals surface area contributed by atoms with Crippen molar-refractivity contribution in [1.82, 2.24) is 5.32 Å². The summed E-state index contributed by atoms with van der Waals surface area (Å²) >= 11 is 0. The van der Waals surface area contributed by atoms with Crippen LogP contribution in [0.4, 0.5) is 13.2 Å². The van der Waals surface area contributed by atoms with Gasteiger partial charge in [0, 0.05) is 0 Å². The predicted octanol–water partition coefficient (Wildman–Crippen LogP) is 3.92. The molecule has 0 saturated heterocycles. The van der Waals surface area contributed by atoms with Crippen LogP contribution in [-0.4, -0.2) is 7.05 Å². The zero-order chi connectivity index (χ0) is 14.0. The molecule has 0 amide bonds. The van der Waals surface area contributed by atoms with Gasteiger partial charge in [-0.1, -0.05) is 12.1 Å². The minimum atomic E-state index is -4.31. The average Bonchev–Trinajstić information content (AvgIpc) is 2.76. The van der Waals surface area contributed by atoms with Gasteiger partial charge < -0.3 is 9.73 Å². The van der Waals surface area contributed by atoms with Crippen molar-refractivity contribution >= 4 is 0 Å². The van der Waals surface area contributed by atoms with Crippen LogP contribution in [-0.2, 0) is 6.18 Å². The maximum absolute atomic E-state index is 12.5. The molecule has 1 heterocycles. The Bertz CT molecular complexity index is 543. The summed E-state index contributed by atoms with van der Waals surface area (Å²) in [4.78, 5) is 0. The van der Waals surface area contributed by atoms with Crippen LogP contribution in [0.3, 0.4) is 0 Å². The molecule has 2 nitrogen and oxygen atoms in total. The van der Waals surface area contributed by atoms with E-state index in [2.05, 4.69) is 5.32 Å². The monoisotopic (exact) mass is 269 g/mol. The highest BCUT2D eigenvalue weighted by Gasteiger charge is 2.30. The van der Waals surface area contributed by atoms with Crippen LogP contribution in [0, 0.1) is 6.92 Å². The van der Waals surface area contributed by atoms with Crippen LogP contribution in [0.2, 0.25) is 0 Å². The number of hydrogen-bond donors (Lipinski definition) is 1. The molecule has 2 aromatic rings. The molecule has 5 heteroatoms. The van der Waals surface area contributed by atoms with Gasteiger partial charge in [-0.05, 0) is 43.8 Å². The van der Waals surface area contributed by atoms with Crippen molar-refractivity contribution in [1.29, 1.82) is 0 Å². The highest BCUT2D eigenvalue weighted by atomic mass is 19.4. The molecule has 0 aliphatic rings. The van der Waals surface area contributed by atoms with Gasteiger partial charge in [0.1, 0.15) is 11.5 Å². The number of alkyl halides is 3. The number of halogens is 3. The SMILES string of the molecule is CNC(c1ccc(C(F)(F)F)cc1)c1ccc(C)o1. The molecule has 0 aliphatic heterocycles. The van der Waals surface area contributed by atoms with Crippen molar-refractivity contribution < 1.29 is 17.6 Å². The molecule has 2 rings (SSSR count). The smallest absolute Gasteiger partial charge is 0.416 e.